The Labute approximate surface area is 284 Å². The van der Waals surface area contributed by atoms with Crippen molar-refractivity contribution in [2.24, 2.45) is 0 Å². The van der Waals surface area contributed by atoms with Gasteiger partial charge in [0.25, 0.3) is 5.91 Å². The van der Waals surface area contributed by atoms with Crippen molar-refractivity contribution in [1.82, 2.24) is 9.88 Å². The Morgan fingerprint density at radius 3 is 2.16 bits per heavy atom. The predicted octanol–water partition coefficient (Wildman–Crippen LogP) is 9.70. The van der Waals surface area contributed by atoms with Crippen LogP contribution in [-0.4, -0.2) is 45.7 Å². The number of ether oxygens (including phenoxy) is 2. The molecule has 262 valence electrons. The zero-order chi connectivity index (χ0) is 36.1. The molecule has 1 aliphatic carbocycles. The Hall–Kier alpha value is -4.87. The predicted molar refractivity (Wildman–Crippen MR) is 183 cm³/mol. The van der Waals surface area contributed by atoms with Gasteiger partial charge in [-0.3, -0.25) is 10.1 Å². The van der Waals surface area contributed by atoms with Crippen LogP contribution >= 0.6 is 0 Å². The molecule has 9 nitrogen and oxygen atoms in total. The Bertz CT molecular complexity index is 1720. The standard InChI is InChI=1S/C37H43F3N4O5/c1-8-44(35(2,3)4)34(47)48-30-21-20-25(22-28(30)29-14-11-15-31(42-29)43-33(46)49-36(5,6)7)41-32(45)27-13-10-9-12-26(27)23-16-18-24(19-17-23)37(38,39)40/h11,14-22H,8-10,12-13H2,1-7H3,(H,41,45)(H,42,43,46). The molecule has 0 saturated carbocycles. The Balaban J connectivity index is 1.70. The van der Waals surface area contributed by atoms with E-state index in [2.05, 4.69) is 15.6 Å². The zero-order valence-electron chi connectivity index (χ0n) is 28.9. The molecule has 0 aliphatic heterocycles. The molecule has 49 heavy (non-hydrogen) atoms. The molecule has 0 radical (unpaired) electrons. The van der Waals surface area contributed by atoms with Crippen LogP contribution in [0.2, 0.25) is 0 Å². The quantitative estimate of drug-likeness (QED) is 0.257. The van der Waals surface area contributed by atoms with Crippen LogP contribution < -0.4 is 15.4 Å². The Kier molecular flexibility index (Phi) is 11.1. The SMILES string of the molecule is CCN(C(=O)Oc1ccc(NC(=O)C2=C(c3ccc(C(F)(F)F)cc3)CCCC2)cc1-c1cccc(NC(=O)OC(C)(C)C)n1)C(C)(C)C. The van der Waals surface area contributed by atoms with Crippen LogP contribution in [0.1, 0.15) is 85.3 Å². The molecule has 0 fully saturated rings. The summed E-state index contributed by atoms with van der Waals surface area (Å²) in [5, 5.41) is 5.53. The lowest BCUT2D eigenvalue weighted by molar-refractivity contribution is -0.137. The maximum Gasteiger partial charge on any atom is 0.416 e. The van der Waals surface area contributed by atoms with Crippen molar-refractivity contribution in [3.05, 3.63) is 77.4 Å². The third-order valence-electron chi connectivity index (χ3n) is 7.74. The summed E-state index contributed by atoms with van der Waals surface area (Å²) >= 11 is 0. The minimum Gasteiger partial charge on any atom is -0.444 e. The molecule has 0 saturated heterocycles. The Morgan fingerprint density at radius 2 is 1.55 bits per heavy atom. The molecule has 2 aromatic carbocycles. The maximum absolute atomic E-state index is 13.7. The summed E-state index contributed by atoms with van der Waals surface area (Å²) in [7, 11) is 0. The highest BCUT2D eigenvalue weighted by Gasteiger charge is 2.31. The summed E-state index contributed by atoms with van der Waals surface area (Å²) in [6, 6.07) is 14.6. The molecule has 0 atom stereocenters. The number of hydrogen-bond donors (Lipinski definition) is 2. The van der Waals surface area contributed by atoms with Crippen molar-refractivity contribution >= 4 is 35.2 Å². The van der Waals surface area contributed by atoms with Crippen molar-refractivity contribution in [3.63, 3.8) is 0 Å². The van der Waals surface area contributed by atoms with Crippen molar-refractivity contribution in [3.8, 4) is 17.0 Å². The van der Waals surface area contributed by atoms with E-state index >= 15 is 0 Å². The molecule has 4 rings (SSSR count). The number of alkyl halides is 3. The molecule has 2 N–H and O–H groups in total. The molecular weight excluding hydrogens is 637 g/mol. The number of allylic oxidation sites excluding steroid dienone is 1. The normalized spacial score (nSPS) is 13.8. The number of benzene rings is 2. The van der Waals surface area contributed by atoms with Gasteiger partial charge in [-0.15, -0.1) is 0 Å². The van der Waals surface area contributed by atoms with Gasteiger partial charge in [-0.25, -0.2) is 14.6 Å². The van der Waals surface area contributed by atoms with Gasteiger partial charge in [0.05, 0.1) is 11.3 Å². The van der Waals surface area contributed by atoms with Crippen LogP contribution in [0.15, 0.2) is 66.2 Å². The summed E-state index contributed by atoms with van der Waals surface area (Å²) in [6.45, 7) is 13.1. The van der Waals surface area contributed by atoms with E-state index < -0.39 is 35.1 Å². The fourth-order valence-electron chi connectivity index (χ4n) is 5.53. The number of anilines is 2. The summed E-state index contributed by atoms with van der Waals surface area (Å²) < 4.78 is 50.8. The summed E-state index contributed by atoms with van der Waals surface area (Å²) in [6.07, 6.45) is -3.15. The number of halogens is 3. The van der Waals surface area contributed by atoms with Gasteiger partial charge in [-0.1, -0.05) is 18.2 Å². The van der Waals surface area contributed by atoms with Gasteiger partial charge >= 0.3 is 18.4 Å². The van der Waals surface area contributed by atoms with E-state index in [9.17, 15) is 27.6 Å². The summed E-state index contributed by atoms with van der Waals surface area (Å²) in [5.74, 6) is -0.0182. The first-order chi connectivity index (χ1) is 22.9. The molecule has 3 amide bonds. The van der Waals surface area contributed by atoms with Gasteiger partial charge in [0.2, 0.25) is 0 Å². The first kappa shape index (κ1) is 37.0. The number of carbonyl (C=O) groups is 3. The number of pyridine rings is 1. The third kappa shape index (κ3) is 9.84. The van der Waals surface area contributed by atoms with Crippen LogP contribution in [0.5, 0.6) is 5.75 Å². The number of carbonyl (C=O) groups excluding carboxylic acids is 3. The van der Waals surface area contributed by atoms with E-state index in [1.165, 1.54) is 12.1 Å². The van der Waals surface area contributed by atoms with Gasteiger partial charge in [-0.2, -0.15) is 13.2 Å². The molecule has 0 bridgehead atoms. The van der Waals surface area contributed by atoms with Crippen molar-refractivity contribution in [2.75, 3.05) is 17.2 Å². The monoisotopic (exact) mass is 680 g/mol. The fraction of sp³-hybridized carbons (Fsp3) is 0.405. The second-order valence-electron chi connectivity index (χ2n) is 13.7. The van der Waals surface area contributed by atoms with Crippen LogP contribution in [0.25, 0.3) is 16.8 Å². The number of aromatic nitrogens is 1. The highest BCUT2D eigenvalue weighted by molar-refractivity contribution is 6.09. The lowest BCUT2D eigenvalue weighted by atomic mass is 9.86. The average Bonchev–Trinajstić information content (AvgIpc) is 3.00. The van der Waals surface area contributed by atoms with Crippen LogP contribution in [0, 0.1) is 0 Å². The van der Waals surface area contributed by atoms with E-state index in [1.54, 1.807) is 62.1 Å². The lowest BCUT2D eigenvalue weighted by Crippen LogP contribution is -2.46. The molecular formula is C37H43F3N4O5. The number of hydrogen-bond acceptors (Lipinski definition) is 6. The Morgan fingerprint density at radius 1 is 0.878 bits per heavy atom. The maximum atomic E-state index is 13.7. The minimum absolute atomic E-state index is 0.176. The number of amides is 3. The van der Waals surface area contributed by atoms with Crippen molar-refractivity contribution in [2.45, 2.75) is 91.5 Å². The van der Waals surface area contributed by atoms with E-state index in [0.29, 0.717) is 53.0 Å². The molecule has 0 spiro atoms. The third-order valence-corrected chi connectivity index (χ3v) is 7.74. The van der Waals surface area contributed by atoms with Crippen LogP contribution in [0.3, 0.4) is 0 Å². The lowest BCUT2D eigenvalue weighted by Gasteiger charge is -2.33. The molecule has 1 aromatic heterocycles. The van der Waals surface area contributed by atoms with Gasteiger partial charge in [0, 0.05) is 28.9 Å². The van der Waals surface area contributed by atoms with E-state index in [1.807, 2.05) is 27.7 Å². The second-order valence-corrected chi connectivity index (χ2v) is 13.7. The van der Waals surface area contributed by atoms with E-state index in [0.717, 1.165) is 25.0 Å². The van der Waals surface area contributed by atoms with E-state index in [-0.39, 0.29) is 17.5 Å². The fourth-order valence-corrected chi connectivity index (χ4v) is 5.53. The smallest absolute Gasteiger partial charge is 0.416 e. The minimum atomic E-state index is -4.46. The first-order valence-corrected chi connectivity index (χ1v) is 16.2. The average molecular weight is 681 g/mol. The second kappa shape index (κ2) is 14.7. The van der Waals surface area contributed by atoms with Gasteiger partial charge in [-0.05, 0) is 128 Å². The first-order valence-electron chi connectivity index (χ1n) is 16.2. The molecule has 1 aliphatic rings. The van der Waals surface area contributed by atoms with Crippen molar-refractivity contribution in [1.29, 1.82) is 0 Å². The summed E-state index contributed by atoms with van der Waals surface area (Å²) in [5.41, 5.74) is 0.843. The number of nitrogens with one attached hydrogen (secondary N) is 2. The van der Waals surface area contributed by atoms with Crippen LogP contribution in [0.4, 0.5) is 34.3 Å². The number of rotatable bonds is 7. The van der Waals surface area contributed by atoms with Crippen molar-refractivity contribution < 1.29 is 37.0 Å². The number of nitrogens with zero attached hydrogens (tertiary/aromatic N) is 2. The van der Waals surface area contributed by atoms with Gasteiger partial charge in [0.1, 0.15) is 17.2 Å². The highest BCUT2D eigenvalue weighted by atomic mass is 19.4. The molecule has 12 heteroatoms. The largest absolute Gasteiger partial charge is 0.444 e. The van der Waals surface area contributed by atoms with Gasteiger partial charge < -0.3 is 19.7 Å². The van der Waals surface area contributed by atoms with E-state index in [4.69, 9.17) is 9.47 Å². The molecule has 1 heterocycles. The summed E-state index contributed by atoms with van der Waals surface area (Å²) in [4.78, 5) is 45.6. The van der Waals surface area contributed by atoms with Crippen LogP contribution in [-0.2, 0) is 15.7 Å². The topological polar surface area (TPSA) is 110 Å². The zero-order valence-corrected chi connectivity index (χ0v) is 28.9. The molecule has 3 aromatic rings. The molecule has 0 unspecified atom stereocenters. The highest BCUT2D eigenvalue weighted by Crippen LogP contribution is 2.37. The van der Waals surface area contributed by atoms with Gasteiger partial charge in [0.15, 0.2) is 0 Å².